The predicted octanol–water partition coefficient (Wildman–Crippen LogP) is 3.00. The first-order valence-electron chi connectivity index (χ1n) is 7.54. The molecule has 1 aromatic rings. The molecule has 1 atom stereocenters. The van der Waals surface area contributed by atoms with Gasteiger partial charge in [0.1, 0.15) is 11.9 Å². The van der Waals surface area contributed by atoms with Crippen molar-refractivity contribution in [2.24, 2.45) is 0 Å². The van der Waals surface area contributed by atoms with Gasteiger partial charge < -0.3 is 10.2 Å². The van der Waals surface area contributed by atoms with Crippen molar-refractivity contribution in [1.82, 2.24) is 10.2 Å². The van der Waals surface area contributed by atoms with E-state index < -0.39 is 6.04 Å². The number of hydrogen-bond acceptors (Lipinski definition) is 2. The molecule has 2 amide bonds. The number of halogens is 2. The Bertz CT molecular complexity index is 565. The van der Waals surface area contributed by atoms with Gasteiger partial charge in [-0.2, -0.15) is 0 Å². The molecule has 1 N–H and O–H groups in total. The number of carbonyl (C=O) groups excluding carboxylic acids is 2. The first-order chi connectivity index (χ1) is 10.5. The fraction of sp³-hybridized carbons (Fsp3) is 0.500. The summed E-state index contributed by atoms with van der Waals surface area (Å²) in [4.78, 5) is 26.0. The van der Waals surface area contributed by atoms with Gasteiger partial charge in [-0.15, -0.1) is 0 Å². The topological polar surface area (TPSA) is 49.4 Å². The van der Waals surface area contributed by atoms with Gasteiger partial charge in [-0.25, -0.2) is 4.39 Å². The van der Waals surface area contributed by atoms with Gasteiger partial charge in [0.05, 0.1) is 0 Å². The van der Waals surface area contributed by atoms with Crippen LogP contribution in [0.15, 0.2) is 22.7 Å². The summed E-state index contributed by atoms with van der Waals surface area (Å²) in [6.45, 7) is 2.67. The molecular weight excluding hydrogens is 351 g/mol. The van der Waals surface area contributed by atoms with Gasteiger partial charge in [-0.1, -0.05) is 22.9 Å². The summed E-state index contributed by atoms with van der Waals surface area (Å²) >= 11 is 3.34. The van der Waals surface area contributed by atoms with Crippen LogP contribution in [-0.2, 0) is 16.1 Å². The molecule has 0 radical (unpaired) electrons. The monoisotopic (exact) mass is 370 g/mol. The third-order valence-corrected chi connectivity index (χ3v) is 4.66. The molecule has 4 nitrogen and oxygen atoms in total. The fourth-order valence-corrected chi connectivity index (χ4v) is 3.07. The Morgan fingerprint density at radius 2 is 2.18 bits per heavy atom. The largest absolute Gasteiger partial charge is 0.350 e. The van der Waals surface area contributed by atoms with Crippen LogP contribution in [0.5, 0.6) is 0 Å². The van der Waals surface area contributed by atoms with Crippen LogP contribution in [0.4, 0.5) is 4.39 Å². The second-order valence-electron chi connectivity index (χ2n) is 5.41. The summed E-state index contributed by atoms with van der Waals surface area (Å²) in [6.07, 6.45) is 2.96. The Kier molecular flexibility index (Phi) is 5.94. The van der Waals surface area contributed by atoms with E-state index in [4.69, 9.17) is 0 Å². The summed E-state index contributed by atoms with van der Waals surface area (Å²) in [5.74, 6) is -0.502. The van der Waals surface area contributed by atoms with Gasteiger partial charge in [0.25, 0.3) is 0 Å². The highest BCUT2D eigenvalue weighted by atomic mass is 79.9. The van der Waals surface area contributed by atoms with E-state index in [0.29, 0.717) is 24.9 Å². The maximum Gasteiger partial charge on any atom is 0.243 e. The number of nitrogens with one attached hydrogen (secondary N) is 1. The van der Waals surface area contributed by atoms with Gasteiger partial charge >= 0.3 is 0 Å². The molecule has 0 spiro atoms. The number of nitrogens with zero attached hydrogens (tertiary/aromatic N) is 1. The smallest absolute Gasteiger partial charge is 0.243 e. The lowest BCUT2D eigenvalue weighted by Gasteiger charge is -2.34. The quantitative estimate of drug-likeness (QED) is 0.885. The van der Waals surface area contributed by atoms with Gasteiger partial charge in [0.2, 0.25) is 11.8 Å². The lowest BCUT2D eigenvalue weighted by atomic mass is 10.0. The summed E-state index contributed by atoms with van der Waals surface area (Å²) in [6, 6.07) is 3.96. The molecule has 0 bridgehead atoms. The maximum absolute atomic E-state index is 13.3. The van der Waals surface area contributed by atoms with Gasteiger partial charge in [0, 0.05) is 24.0 Å². The Balaban J connectivity index is 2.01. The Labute approximate surface area is 138 Å². The molecule has 1 unspecified atom stereocenters. The SMILES string of the molecule is CCC(=O)N1CCCCC1C(=O)NCc1cc(F)ccc1Br. The van der Waals surface area contributed by atoms with Crippen molar-refractivity contribution in [1.29, 1.82) is 0 Å². The van der Waals surface area contributed by atoms with Crippen LogP contribution < -0.4 is 5.32 Å². The van der Waals surface area contributed by atoms with Crippen LogP contribution >= 0.6 is 15.9 Å². The number of hydrogen-bond donors (Lipinski definition) is 1. The number of benzene rings is 1. The lowest BCUT2D eigenvalue weighted by Crippen LogP contribution is -2.51. The molecule has 1 aromatic carbocycles. The fourth-order valence-electron chi connectivity index (χ4n) is 2.68. The maximum atomic E-state index is 13.3. The van der Waals surface area contributed by atoms with Crippen molar-refractivity contribution in [3.8, 4) is 0 Å². The minimum atomic E-state index is -0.409. The van der Waals surface area contributed by atoms with E-state index in [-0.39, 0.29) is 24.2 Å². The lowest BCUT2D eigenvalue weighted by molar-refractivity contribution is -0.142. The van der Waals surface area contributed by atoms with Crippen LogP contribution in [0.2, 0.25) is 0 Å². The molecule has 2 rings (SSSR count). The summed E-state index contributed by atoms with van der Waals surface area (Å²) in [5, 5.41) is 2.82. The van der Waals surface area contributed by atoms with E-state index in [0.717, 1.165) is 17.3 Å². The molecule has 1 heterocycles. The standard InChI is InChI=1S/C16H20BrFN2O2/c1-2-15(21)20-8-4-3-5-14(20)16(22)19-10-11-9-12(18)6-7-13(11)17/h6-7,9,14H,2-5,8,10H2,1H3,(H,19,22). The van der Waals surface area contributed by atoms with E-state index >= 15 is 0 Å². The summed E-state index contributed by atoms with van der Waals surface area (Å²) < 4.78 is 14.0. The summed E-state index contributed by atoms with van der Waals surface area (Å²) in [5.41, 5.74) is 0.678. The first-order valence-corrected chi connectivity index (χ1v) is 8.33. The molecule has 1 aliphatic rings. The number of piperidine rings is 1. The van der Waals surface area contributed by atoms with Gasteiger partial charge in [-0.05, 0) is 43.0 Å². The highest BCUT2D eigenvalue weighted by Gasteiger charge is 2.31. The van der Waals surface area contributed by atoms with Crippen molar-refractivity contribution in [2.75, 3.05) is 6.54 Å². The van der Waals surface area contributed by atoms with Crippen LogP contribution in [0.1, 0.15) is 38.2 Å². The molecule has 1 saturated heterocycles. The van der Waals surface area contributed by atoms with Gasteiger partial charge in [0.15, 0.2) is 0 Å². The molecule has 1 fully saturated rings. The zero-order chi connectivity index (χ0) is 16.1. The van der Waals surface area contributed by atoms with E-state index in [9.17, 15) is 14.0 Å². The molecule has 6 heteroatoms. The van der Waals surface area contributed by atoms with E-state index in [2.05, 4.69) is 21.2 Å². The minimum Gasteiger partial charge on any atom is -0.350 e. The van der Waals surface area contributed by atoms with Crippen molar-refractivity contribution in [3.63, 3.8) is 0 Å². The highest BCUT2D eigenvalue weighted by Crippen LogP contribution is 2.20. The first kappa shape index (κ1) is 16.9. The normalized spacial score (nSPS) is 18.1. The zero-order valence-corrected chi connectivity index (χ0v) is 14.2. The second kappa shape index (κ2) is 7.72. The molecular formula is C16H20BrFN2O2. The number of likely N-dealkylation sites (tertiary alicyclic amines) is 1. The van der Waals surface area contributed by atoms with Crippen molar-refractivity contribution in [3.05, 3.63) is 34.1 Å². The van der Waals surface area contributed by atoms with E-state index in [1.54, 1.807) is 17.9 Å². The zero-order valence-electron chi connectivity index (χ0n) is 12.6. The third-order valence-electron chi connectivity index (χ3n) is 3.89. The number of amides is 2. The summed E-state index contributed by atoms with van der Waals surface area (Å²) in [7, 11) is 0. The molecule has 1 aliphatic heterocycles. The van der Waals surface area contributed by atoms with E-state index in [1.807, 2.05) is 0 Å². The van der Waals surface area contributed by atoms with Gasteiger partial charge in [-0.3, -0.25) is 9.59 Å². The molecule has 0 saturated carbocycles. The van der Waals surface area contributed by atoms with Crippen molar-refractivity contribution < 1.29 is 14.0 Å². The van der Waals surface area contributed by atoms with Crippen LogP contribution in [0, 0.1) is 5.82 Å². The van der Waals surface area contributed by atoms with Crippen LogP contribution in [-0.4, -0.2) is 29.3 Å². The number of carbonyl (C=O) groups is 2. The average molecular weight is 371 g/mol. The number of rotatable bonds is 4. The average Bonchev–Trinajstić information content (AvgIpc) is 2.54. The molecule has 0 aromatic heterocycles. The molecule has 0 aliphatic carbocycles. The minimum absolute atomic E-state index is 0.00628. The molecule has 22 heavy (non-hydrogen) atoms. The third kappa shape index (κ3) is 4.06. The van der Waals surface area contributed by atoms with Crippen molar-refractivity contribution >= 4 is 27.7 Å². The van der Waals surface area contributed by atoms with Crippen LogP contribution in [0.3, 0.4) is 0 Å². The highest BCUT2D eigenvalue weighted by molar-refractivity contribution is 9.10. The Morgan fingerprint density at radius 3 is 2.91 bits per heavy atom. The van der Waals surface area contributed by atoms with Crippen molar-refractivity contribution in [2.45, 2.75) is 45.2 Å². The predicted molar refractivity (Wildman–Crippen MR) is 85.6 cm³/mol. The van der Waals surface area contributed by atoms with E-state index in [1.165, 1.54) is 12.1 Å². The molecule has 120 valence electrons. The second-order valence-corrected chi connectivity index (χ2v) is 6.26. The Morgan fingerprint density at radius 1 is 1.41 bits per heavy atom. The van der Waals surface area contributed by atoms with Crippen LogP contribution in [0.25, 0.3) is 0 Å². The Hall–Kier alpha value is -1.43.